The number of rotatable bonds is 5. The summed E-state index contributed by atoms with van der Waals surface area (Å²) in [5.41, 5.74) is 10.5. The van der Waals surface area contributed by atoms with Crippen LogP contribution in [0.25, 0.3) is 22.0 Å². The highest BCUT2D eigenvalue weighted by atomic mass is 16.5. The van der Waals surface area contributed by atoms with E-state index in [0.717, 1.165) is 86.1 Å². The highest BCUT2D eigenvalue weighted by Gasteiger charge is 2.25. The van der Waals surface area contributed by atoms with Gasteiger partial charge in [0.05, 0.1) is 24.1 Å². The van der Waals surface area contributed by atoms with Crippen LogP contribution in [0, 0.1) is 6.07 Å². The molecule has 0 unspecified atom stereocenters. The number of anilines is 2. The van der Waals surface area contributed by atoms with Crippen molar-refractivity contribution < 1.29 is 9.47 Å². The SMILES string of the molecule is Nc1n[nH]c2cc(-c3cc[c]c(N4CCN(C5CCCCC5)CC4)c3)cc(OC3CCOCC3)c12. The summed E-state index contributed by atoms with van der Waals surface area (Å²) in [6.07, 6.45) is 8.87. The molecule has 0 spiro atoms. The first-order valence-corrected chi connectivity index (χ1v) is 13.3. The average molecular weight is 475 g/mol. The van der Waals surface area contributed by atoms with Crippen molar-refractivity contribution in [2.45, 2.75) is 57.1 Å². The zero-order valence-corrected chi connectivity index (χ0v) is 20.5. The van der Waals surface area contributed by atoms with Gasteiger partial charge in [0, 0.05) is 56.8 Å². The molecule has 7 nitrogen and oxygen atoms in total. The van der Waals surface area contributed by atoms with Gasteiger partial charge in [-0.25, -0.2) is 0 Å². The molecular formula is C28H36N5O2. The Bertz CT molecular complexity index is 1140. The van der Waals surface area contributed by atoms with Crippen LogP contribution in [0.1, 0.15) is 44.9 Å². The fraction of sp³-hybridized carbons (Fsp3) is 0.536. The number of hydrogen-bond acceptors (Lipinski definition) is 6. The number of H-pyrrole nitrogens is 1. The lowest BCUT2D eigenvalue weighted by Gasteiger charge is -2.41. The van der Waals surface area contributed by atoms with Gasteiger partial charge in [-0.05, 0) is 42.2 Å². The standard InChI is InChI=1S/C28H36N5O2/c29-28-27-25(30-31-28)18-21(19-26(27)35-24-9-15-34-16-10-24)20-5-4-8-23(17-20)33-13-11-32(12-14-33)22-6-2-1-3-7-22/h4-5,17-19,22,24H,1-3,6-7,9-16H2,(H3,29,30,31). The zero-order valence-electron chi connectivity index (χ0n) is 20.5. The van der Waals surface area contributed by atoms with E-state index in [1.54, 1.807) is 0 Å². The minimum atomic E-state index is 0.136. The number of fused-ring (bicyclic) bond motifs is 1. The molecule has 1 saturated carbocycles. The fourth-order valence-corrected chi connectivity index (χ4v) is 5.97. The minimum absolute atomic E-state index is 0.136. The highest BCUT2D eigenvalue weighted by Crippen LogP contribution is 2.37. The molecule has 2 saturated heterocycles. The number of nitrogen functional groups attached to an aromatic ring is 1. The summed E-state index contributed by atoms with van der Waals surface area (Å²) in [4.78, 5) is 5.20. The Morgan fingerprint density at radius 3 is 2.57 bits per heavy atom. The summed E-state index contributed by atoms with van der Waals surface area (Å²) in [5.74, 6) is 1.28. The highest BCUT2D eigenvalue weighted by molar-refractivity contribution is 5.97. The molecular weight excluding hydrogens is 438 g/mol. The molecule has 3 aliphatic rings. The molecule has 3 aromatic rings. The Balaban J connectivity index is 1.22. The summed E-state index contributed by atoms with van der Waals surface area (Å²) >= 11 is 0. The van der Waals surface area contributed by atoms with Gasteiger partial charge in [0.15, 0.2) is 5.82 Å². The molecule has 0 bridgehead atoms. The number of piperazine rings is 1. The number of ether oxygens (including phenoxy) is 2. The van der Waals surface area contributed by atoms with Crippen molar-refractivity contribution in [2.24, 2.45) is 0 Å². The second-order valence-corrected chi connectivity index (χ2v) is 10.2. The summed E-state index contributed by atoms with van der Waals surface area (Å²) in [5, 5.41) is 8.20. The molecule has 2 aromatic carbocycles. The smallest absolute Gasteiger partial charge is 0.156 e. The Morgan fingerprint density at radius 1 is 0.971 bits per heavy atom. The van der Waals surface area contributed by atoms with Crippen LogP contribution >= 0.6 is 0 Å². The number of nitrogens with zero attached hydrogens (tertiary/aromatic N) is 3. The van der Waals surface area contributed by atoms with E-state index in [0.29, 0.717) is 5.82 Å². The van der Waals surface area contributed by atoms with Crippen molar-refractivity contribution >= 4 is 22.4 Å². The number of benzene rings is 2. The second kappa shape index (κ2) is 10.1. The van der Waals surface area contributed by atoms with Gasteiger partial charge in [-0.3, -0.25) is 10.00 Å². The number of aromatic nitrogens is 2. The topological polar surface area (TPSA) is 79.6 Å². The minimum Gasteiger partial charge on any atom is -0.489 e. The lowest BCUT2D eigenvalue weighted by atomic mass is 9.94. The van der Waals surface area contributed by atoms with Crippen LogP contribution in [0.3, 0.4) is 0 Å². The lowest BCUT2D eigenvalue weighted by Crippen LogP contribution is -2.50. The van der Waals surface area contributed by atoms with Crippen LogP contribution in [-0.4, -0.2) is 66.6 Å². The molecule has 0 atom stereocenters. The largest absolute Gasteiger partial charge is 0.489 e. The molecule has 35 heavy (non-hydrogen) atoms. The van der Waals surface area contributed by atoms with Crippen molar-refractivity contribution in [3.8, 4) is 16.9 Å². The van der Waals surface area contributed by atoms with Crippen molar-refractivity contribution in [1.82, 2.24) is 15.1 Å². The van der Waals surface area contributed by atoms with E-state index in [2.05, 4.69) is 50.3 Å². The molecule has 3 heterocycles. The third-order valence-corrected chi connectivity index (χ3v) is 7.98. The van der Waals surface area contributed by atoms with E-state index >= 15 is 0 Å². The Hall–Kier alpha value is -2.77. The number of nitrogens with one attached hydrogen (secondary N) is 1. The summed E-state index contributed by atoms with van der Waals surface area (Å²) in [6, 6.07) is 14.9. The number of nitrogens with two attached hydrogens (primary N) is 1. The first-order chi connectivity index (χ1) is 17.2. The summed E-state index contributed by atoms with van der Waals surface area (Å²) in [7, 11) is 0. The van der Waals surface area contributed by atoms with Crippen molar-refractivity contribution in [3.05, 3.63) is 36.4 Å². The Labute approximate surface area is 207 Å². The quantitative estimate of drug-likeness (QED) is 0.562. The normalized spacial score (nSPS) is 21.0. The predicted molar refractivity (Wildman–Crippen MR) is 140 cm³/mol. The lowest BCUT2D eigenvalue weighted by molar-refractivity contribution is 0.0262. The summed E-state index contributed by atoms with van der Waals surface area (Å²) < 4.78 is 11.9. The van der Waals surface area contributed by atoms with E-state index in [1.807, 2.05) is 6.07 Å². The fourth-order valence-electron chi connectivity index (χ4n) is 5.97. The van der Waals surface area contributed by atoms with Crippen LogP contribution in [-0.2, 0) is 4.74 Å². The molecule has 3 fully saturated rings. The van der Waals surface area contributed by atoms with Crippen LogP contribution < -0.4 is 15.4 Å². The molecule has 1 aliphatic carbocycles. The van der Waals surface area contributed by atoms with E-state index in [1.165, 1.54) is 37.8 Å². The number of aromatic amines is 1. The van der Waals surface area contributed by atoms with Gasteiger partial charge >= 0.3 is 0 Å². The maximum Gasteiger partial charge on any atom is 0.156 e. The van der Waals surface area contributed by atoms with Crippen LogP contribution in [0.4, 0.5) is 11.5 Å². The third-order valence-electron chi connectivity index (χ3n) is 7.98. The maximum absolute atomic E-state index is 6.44. The van der Waals surface area contributed by atoms with Gasteiger partial charge in [-0.2, -0.15) is 5.10 Å². The van der Waals surface area contributed by atoms with Gasteiger partial charge in [0.25, 0.3) is 0 Å². The molecule has 3 N–H and O–H groups in total. The van der Waals surface area contributed by atoms with Crippen molar-refractivity contribution in [3.63, 3.8) is 0 Å². The average Bonchev–Trinajstić information content (AvgIpc) is 3.31. The Kier molecular flexibility index (Phi) is 6.53. The van der Waals surface area contributed by atoms with Gasteiger partial charge in [-0.1, -0.05) is 31.4 Å². The van der Waals surface area contributed by atoms with E-state index in [4.69, 9.17) is 15.2 Å². The van der Waals surface area contributed by atoms with Gasteiger partial charge in [-0.15, -0.1) is 0 Å². The van der Waals surface area contributed by atoms with Crippen LogP contribution in [0.2, 0.25) is 0 Å². The molecule has 1 aromatic heterocycles. The van der Waals surface area contributed by atoms with E-state index < -0.39 is 0 Å². The zero-order chi connectivity index (χ0) is 23.6. The first-order valence-electron chi connectivity index (χ1n) is 13.3. The van der Waals surface area contributed by atoms with Crippen LogP contribution in [0.5, 0.6) is 5.75 Å². The summed E-state index contributed by atoms with van der Waals surface area (Å²) in [6.45, 7) is 5.88. The third kappa shape index (κ3) is 4.84. The molecule has 1 radical (unpaired) electrons. The van der Waals surface area contributed by atoms with Crippen molar-refractivity contribution in [1.29, 1.82) is 0 Å². The molecule has 2 aliphatic heterocycles. The van der Waals surface area contributed by atoms with Gasteiger partial charge < -0.3 is 20.1 Å². The number of hydrogen-bond donors (Lipinski definition) is 2. The second-order valence-electron chi connectivity index (χ2n) is 10.2. The molecule has 6 rings (SSSR count). The van der Waals surface area contributed by atoms with E-state index in [-0.39, 0.29) is 6.10 Å². The molecule has 0 amide bonds. The van der Waals surface area contributed by atoms with E-state index in [9.17, 15) is 0 Å². The molecule has 7 heteroatoms. The van der Waals surface area contributed by atoms with Gasteiger partial charge in [0.1, 0.15) is 11.9 Å². The Morgan fingerprint density at radius 2 is 1.77 bits per heavy atom. The van der Waals surface area contributed by atoms with Crippen LogP contribution in [0.15, 0.2) is 30.3 Å². The maximum atomic E-state index is 6.44. The van der Waals surface area contributed by atoms with Gasteiger partial charge in [0.2, 0.25) is 0 Å². The first kappa shape index (κ1) is 22.7. The molecule has 185 valence electrons. The monoisotopic (exact) mass is 474 g/mol. The predicted octanol–water partition coefficient (Wildman–Crippen LogP) is 4.62. The van der Waals surface area contributed by atoms with Crippen molar-refractivity contribution in [2.75, 3.05) is 50.0 Å².